The predicted molar refractivity (Wildman–Crippen MR) is 140 cm³/mol. The van der Waals surface area contributed by atoms with Crippen molar-refractivity contribution in [1.82, 2.24) is 5.32 Å². The molecule has 3 aliphatic heterocycles. The number of carbonyl (C=O) groups excluding carboxylic acids is 3. The summed E-state index contributed by atoms with van der Waals surface area (Å²) in [5.74, 6) is -0.695. The second-order valence-corrected chi connectivity index (χ2v) is 10.3. The van der Waals surface area contributed by atoms with E-state index in [1.807, 2.05) is 6.26 Å². The molecule has 0 bridgehead atoms. The number of ether oxygens (including phenoxy) is 5. The van der Waals surface area contributed by atoms with Crippen molar-refractivity contribution in [2.75, 3.05) is 51.5 Å². The number of nitrogens with zero attached hydrogens (tertiary/aromatic N) is 1. The molecule has 2 amide bonds. The molecule has 2 aromatic carbocycles. The molecule has 0 spiro atoms. The number of imide groups is 1. The van der Waals surface area contributed by atoms with Crippen LogP contribution in [0.3, 0.4) is 0 Å². The van der Waals surface area contributed by atoms with Crippen molar-refractivity contribution in [2.45, 2.75) is 18.0 Å². The Kier molecular flexibility index (Phi) is 7.15. The van der Waals surface area contributed by atoms with Gasteiger partial charge in [-0.1, -0.05) is 6.07 Å². The van der Waals surface area contributed by atoms with Crippen LogP contribution in [0, 0.1) is 11.8 Å². The molecular formula is C27H30N2O8S. The predicted octanol–water partition coefficient (Wildman–Crippen LogP) is 2.59. The smallest absolute Gasteiger partial charge is 0.326 e. The SMILES string of the molecule is COC(=O)[C@@]1(CCSC)N[C@H](c2ccc(OC)cc2OC)[C@@H]2C(=O)N(c3ccc4c(c3)OCCO4)C(=O)[C@H]21. The van der Waals surface area contributed by atoms with Crippen molar-refractivity contribution < 1.29 is 38.1 Å². The molecule has 2 aromatic rings. The number of hydrogen-bond donors (Lipinski definition) is 1. The zero-order chi connectivity index (χ0) is 27.0. The Bertz CT molecular complexity index is 1270. The van der Waals surface area contributed by atoms with Gasteiger partial charge in [0.05, 0.1) is 38.9 Å². The molecule has 0 unspecified atom stereocenters. The highest BCUT2D eigenvalue weighted by molar-refractivity contribution is 7.98. The third kappa shape index (κ3) is 4.04. The molecule has 0 radical (unpaired) electrons. The molecular weight excluding hydrogens is 512 g/mol. The van der Waals surface area contributed by atoms with Gasteiger partial charge in [-0.2, -0.15) is 11.8 Å². The lowest BCUT2D eigenvalue weighted by molar-refractivity contribution is -0.152. The number of benzene rings is 2. The number of hydrogen-bond acceptors (Lipinski definition) is 10. The van der Waals surface area contributed by atoms with E-state index >= 15 is 0 Å². The average molecular weight is 543 g/mol. The second-order valence-electron chi connectivity index (χ2n) is 9.28. The number of amides is 2. The molecule has 202 valence electrons. The fourth-order valence-electron chi connectivity index (χ4n) is 5.74. The average Bonchev–Trinajstić information content (AvgIpc) is 3.44. The van der Waals surface area contributed by atoms with Crippen LogP contribution in [0.15, 0.2) is 36.4 Å². The number of esters is 1. The lowest BCUT2D eigenvalue weighted by atomic mass is 9.77. The van der Waals surface area contributed by atoms with E-state index in [2.05, 4.69) is 5.32 Å². The summed E-state index contributed by atoms with van der Waals surface area (Å²) in [6.07, 6.45) is 2.22. The lowest BCUT2D eigenvalue weighted by Crippen LogP contribution is -2.56. The van der Waals surface area contributed by atoms with E-state index in [1.54, 1.807) is 55.3 Å². The van der Waals surface area contributed by atoms with Crippen LogP contribution in [-0.2, 0) is 19.1 Å². The van der Waals surface area contributed by atoms with Gasteiger partial charge in [-0.3, -0.25) is 19.7 Å². The summed E-state index contributed by atoms with van der Waals surface area (Å²) >= 11 is 1.54. The van der Waals surface area contributed by atoms with Crippen molar-refractivity contribution in [1.29, 1.82) is 0 Å². The normalized spacial score (nSPS) is 25.8. The number of carbonyl (C=O) groups is 3. The molecule has 3 heterocycles. The first-order chi connectivity index (χ1) is 18.4. The minimum Gasteiger partial charge on any atom is -0.497 e. The standard InChI is InChI=1S/C27H30N2O8S/c1-33-16-6-7-17(19(14-16)34-2)23-21-22(27(28-23,9-12-38-4)26(32)35-3)25(31)29(24(21)30)15-5-8-18-20(13-15)37-11-10-36-18/h5-8,13-14,21-23,28H,9-12H2,1-4H3/t21-,22+,23-,27+/m1/s1. The third-order valence-electron chi connectivity index (χ3n) is 7.46. The minimum atomic E-state index is -1.41. The first kappa shape index (κ1) is 26.2. The highest BCUT2D eigenvalue weighted by Gasteiger charge is 2.69. The van der Waals surface area contributed by atoms with E-state index in [4.69, 9.17) is 23.7 Å². The van der Waals surface area contributed by atoms with Gasteiger partial charge >= 0.3 is 5.97 Å². The first-order valence-electron chi connectivity index (χ1n) is 12.2. The van der Waals surface area contributed by atoms with Gasteiger partial charge in [0.15, 0.2) is 11.5 Å². The minimum absolute atomic E-state index is 0.297. The van der Waals surface area contributed by atoms with Crippen LogP contribution in [0.25, 0.3) is 0 Å². The van der Waals surface area contributed by atoms with E-state index < -0.39 is 41.2 Å². The first-order valence-corrected chi connectivity index (χ1v) is 13.6. The van der Waals surface area contributed by atoms with Gasteiger partial charge in [0.2, 0.25) is 11.8 Å². The van der Waals surface area contributed by atoms with E-state index in [1.165, 1.54) is 14.2 Å². The summed E-state index contributed by atoms with van der Waals surface area (Å²) in [5.41, 5.74) is -0.404. The van der Waals surface area contributed by atoms with Crippen molar-refractivity contribution in [3.8, 4) is 23.0 Å². The van der Waals surface area contributed by atoms with E-state index in [0.29, 0.717) is 59.6 Å². The maximum Gasteiger partial charge on any atom is 0.326 e. The summed E-state index contributed by atoms with van der Waals surface area (Å²) in [6, 6.07) is 9.54. The molecule has 11 heteroatoms. The van der Waals surface area contributed by atoms with Gasteiger partial charge < -0.3 is 23.7 Å². The van der Waals surface area contributed by atoms with Crippen LogP contribution in [0.4, 0.5) is 5.69 Å². The van der Waals surface area contributed by atoms with E-state index in [9.17, 15) is 14.4 Å². The maximum atomic E-state index is 14.1. The molecule has 0 aromatic heterocycles. The molecule has 38 heavy (non-hydrogen) atoms. The van der Waals surface area contributed by atoms with E-state index in [0.717, 1.165) is 4.90 Å². The van der Waals surface area contributed by atoms with Crippen LogP contribution in [-0.4, -0.2) is 69.9 Å². The van der Waals surface area contributed by atoms with Crippen molar-refractivity contribution in [3.63, 3.8) is 0 Å². The van der Waals surface area contributed by atoms with Crippen LogP contribution in [0.1, 0.15) is 18.0 Å². The zero-order valence-corrected chi connectivity index (χ0v) is 22.5. The second kappa shape index (κ2) is 10.4. The molecule has 10 nitrogen and oxygen atoms in total. The van der Waals surface area contributed by atoms with Gasteiger partial charge in [0, 0.05) is 23.7 Å². The summed E-state index contributed by atoms with van der Waals surface area (Å²) < 4.78 is 27.5. The van der Waals surface area contributed by atoms with E-state index in [-0.39, 0.29) is 0 Å². The summed E-state index contributed by atoms with van der Waals surface area (Å²) in [7, 11) is 4.36. The molecule has 0 saturated carbocycles. The Labute approximate surface area is 224 Å². The Balaban J connectivity index is 1.64. The molecule has 4 atom stereocenters. The Morgan fingerprint density at radius 2 is 1.82 bits per heavy atom. The third-order valence-corrected chi connectivity index (χ3v) is 8.08. The Morgan fingerprint density at radius 3 is 2.50 bits per heavy atom. The van der Waals surface area contributed by atoms with Gasteiger partial charge in [-0.15, -0.1) is 0 Å². The molecule has 5 rings (SSSR count). The van der Waals surface area contributed by atoms with Crippen LogP contribution < -0.4 is 29.2 Å². The fourth-order valence-corrected chi connectivity index (χ4v) is 6.26. The highest BCUT2D eigenvalue weighted by Crippen LogP contribution is 2.53. The number of thioether (sulfide) groups is 1. The van der Waals surface area contributed by atoms with Gasteiger partial charge in [0.25, 0.3) is 0 Å². The number of rotatable bonds is 8. The largest absolute Gasteiger partial charge is 0.497 e. The van der Waals surface area contributed by atoms with Gasteiger partial charge in [-0.05, 0) is 36.6 Å². The van der Waals surface area contributed by atoms with Crippen LogP contribution in [0.2, 0.25) is 0 Å². The summed E-state index contributed by atoms with van der Waals surface area (Å²) in [5, 5.41) is 3.38. The Hall–Kier alpha value is -3.44. The van der Waals surface area contributed by atoms with Crippen LogP contribution >= 0.6 is 11.8 Å². The summed E-state index contributed by atoms with van der Waals surface area (Å²) in [4.78, 5) is 42.8. The Morgan fingerprint density at radius 1 is 1.05 bits per heavy atom. The number of fused-ring (bicyclic) bond motifs is 2. The van der Waals surface area contributed by atoms with Gasteiger partial charge in [-0.25, -0.2) is 4.90 Å². The molecule has 2 saturated heterocycles. The number of nitrogens with one attached hydrogen (secondary N) is 1. The van der Waals surface area contributed by atoms with Crippen molar-refractivity contribution in [3.05, 3.63) is 42.0 Å². The topological polar surface area (TPSA) is 113 Å². The summed E-state index contributed by atoms with van der Waals surface area (Å²) in [6.45, 7) is 0.791. The lowest BCUT2D eigenvalue weighted by Gasteiger charge is -2.32. The molecule has 3 aliphatic rings. The van der Waals surface area contributed by atoms with Gasteiger partial charge in [0.1, 0.15) is 30.3 Å². The molecule has 1 N–H and O–H groups in total. The highest BCUT2D eigenvalue weighted by atomic mass is 32.2. The van der Waals surface area contributed by atoms with Crippen LogP contribution in [0.5, 0.6) is 23.0 Å². The zero-order valence-electron chi connectivity index (χ0n) is 21.6. The maximum absolute atomic E-state index is 14.1. The quantitative estimate of drug-likeness (QED) is 0.395. The van der Waals surface area contributed by atoms with Crippen molar-refractivity contribution in [2.24, 2.45) is 11.8 Å². The van der Waals surface area contributed by atoms with Crippen molar-refractivity contribution >= 4 is 35.2 Å². The monoisotopic (exact) mass is 542 g/mol. The molecule has 0 aliphatic carbocycles. The number of methoxy groups -OCH3 is 3. The number of anilines is 1. The fraction of sp³-hybridized carbons (Fsp3) is 0.444. The molecule has 2 fully saturated rings.